The van der Waals surface area contributed by atoms with Gasteiger partial charge >= 0.3 is 5.97 Å². The number of ether oxygens (including phenoxy) is 1. The predicted molar refractivity (Wildman–Crippen MR) is 86.5 cm³/mol. The Balaban J connectivity index is 2.30. The lowest BCUT2D eigenvalue weighted by atomic mass is 10.0. The van der Waals surface area contributed by atoms with Crippen molar-refractivity contribution in [1.82, 2.24) is 0 Å². The number of carbonyl (C=O) groups is 1. The van der Waals surface area contributed by atoms with Crippen molar-refractivity contribution in [3.8, 4) is 5.75 Å². The van der Waals surface area contributed by atoms with Gasteiger partial charge in [0.2, 0.25) is 0 Å². The van der Waals surface area contributed by atoms with Crippen molar-refractivity contribution in [3.05, 3.63) is 60.7 Å². The first kappa shape index (κ1) is 14.5. The van der Waals surface area contributed by atoms with E-state index in [9.17, 15) is 4.79 Å². The highest BCUT2D eigenvalue weighted by Crippen LogP contribution is 2.34. The Kier molecular flexibility index (Phi) is 4.40. The van der Waals surface area contributed by atoms with Gasteiger partial charge in [-0.15, -0.1) is 0 Å². The lowest BCUT2D eigenvalue weighted by Crippen LogP contribution is -2.30. The summed E-state index contributed by atoms with van der Waals surface area (Å²) in [5.74, 6) is 0.306. The summed E-state index contributed by atoms with van der Waals surface area (Å²) >= 11 is 0. The third-order valence-corrected chi connectivity index (χ3v) is 6.25. The van der Waals surface area contributed by atoms with Gasteiger partial charge in [0.25, 0.3) is 0 Å². The van der Waals surface area contributed by atoms with Gasteiger partial charge in [-0.2, -0.15) is 0 Å². The van der Waals surface area contributed by atoms with E-state index in [1.165, 1.54) is 16.8 Å². The zero-order chi connectivity index (χ0) is 14.6. The summed E-state index contributed by atoms with van der Waals surface area (Å²) in [6, 6.07) is 5.89. The summed E-state index contributed by atoms with van der Waals surface area (Å²) in [7, 11) is -0.612. The van der Waals surface area contributed by atoms with E-state index in [0.717, 1.165) is 6.42 Å². The van der Waals surface area contributed by atoms with Gasteiger partial charge in [0.1, 0.15) is 5.75 Å². The molecular formula is C17H20O2Si. The van der Waals surface area contributed by atoms with Crippen LogP contribution in [0, 0.1) is 6.92 Å². The third kappa shape index (κ3) is 3.36. The van der Waals surface area contributed by atoms with Crippen molar-refractivity contribution in [2.24, 2.45) is 0 Å². The average molecular weight is 284 g/mol. The van der Waals surface area contributed by atoms with Crippen LogP contribution < -0.4 is 9.92 Å². The molecule has 20 heavy (non-hydrogen) atoms. The van der Waals surface area contributed by atoms with E-state index in [1.807, 2.05) is 12.1 Å². The maximum atomic E-state index is 11.5. The monoisotopic (exact) mass is 284 g/mol. The van der Waals surface area contributed by atoms with Gasteiger partial charge in [0.15, 0.2) is 0 Å². The van der Waals surface area contributed by atoms with Crippen LogP contribution in [0.4, 0.5) is 0 Å². The van der Waals surface area contributed by atoms with E-state index in [2.05, 4.69) is 50.8 Å². The number of hydrogen-bond donors (Lipinski definition) is 0. The first-order chi connectivity index (χ1) is 9.54. The van der Waals surface area contributed by atoms with Gasteiger partial charge in [-0.3, -0.25) is 0 Å². The fourth-order valence-electron chi connectivity index (χ4n) is 2.45. The largest absolute Gasteiger partial charge is 0.424 e. The summed E-state index contributed by atoms with van der Waals surface area (Å²) in [6.45, 7) is 7.82. The Morgan fingerprint density at radius 3 is 2.90 bits per heavy atom. The summed E-state index contributed by atoms with van der Waals surface area (Å²) in [5.41, 5.74) is 1.20. The van der Waals surface area contributed by atoms with Crippen LogP contribution in [0.3, 0.4) is 0 Å². The molecule has 0 spiro atoms. The molecule has 0 amide bonds. The third-order valence-electron chi connectivity index (χ3n) is 3.66. The summed E-state index contributed by atoms with van der Waals surface area (Å²) < 4.78 is 5.40. The fourth-order valence-corrected chi connectivity index (χ4v) is 4.59. The molecule has 0 fully saturated rings. The molecule has 3 heteroatoms. The van der Waals surface area contributed by atoms with Gasteiger partial charge in [-0.25, -0.2) is 4.79 Å². The number of aryl methyl sites for hydroxylation is 1. The first-order valence-electron chi connectivity index (χ1n) is 6.81. The Bertz CT molecular complexity index is 587. The topological polar surface area (TPSA) is 26.3 Å². The average Bonchev–Trinajstić information content (AvgIpc) is 2.43. The number of hydrogen-bond acceptors (Lipinski definition) is 2. The molecule has 104 valence electrons. The fraction of sp³-hybridized carbons (Fsp3) is 0.235. The van der Waals surface area contributed by atoms with Crippen LogP contribution in [-0.2, 0) is 4.79 Å². The molecule has 1 unspecified atom stereocenters. The van der Waals surface area contributed by atoms with Crippen molar-refractivity contribution < 1.29 is 9.53 Å². The van der Waals surface area contributed by atoms with Crippen molar-refractivity contribution in [2.75, 3.05) is 0 Å². The van der Waals surface area contributed by atoms with Crippen LogP contribution in [0.15, 0.2) is 55.2 Å². The molecule has 2 rings (SSSR count). The highest BCUT2D eigenvalue weighted by atomic mass is 28.2. The number of benzene rings is 1. The first-order valence-corrected chi connectivity index (χ1v) is 8.23. The summed E-state index contributed by atoms with van der Waals surface area (Å²) in [4.78, 5) is 11.5. The predicted octanol–water partition coefficient (Wildman–Crippen LogP) is 2.58. The molecule has 0 saturated heterocycles. The maximum absolute atomic E-state index is 11.5. The van der Waals surface area contributed by atoms with Crippen molar-refractivity contribution >= 4 is 20.7 Å². The van der Waals surface area contributed by atoms with Crippen LogP contribution in [0.5, 0.6) is 5.75 Å². The standard InChI is InChI=1S/C17H20O2Si/c1-4-15(18)19-14-10-8-9-13(2)16(14)20-17(3)11-6-5-7-12-17/h4-11H,1,12,20H2,2-3H3. The summed E-state index contributed by atoms with van der Waals surface area (Å²) in [5, 5.41) is 1.43. The molecule has 1 atom stereocenters. The number of carbonyl (C=O) groups excluding carboxylic acids is 1. The van der Waals surface area contributed by atoms with E-state index in [0.29, 0.717) is 5.75 Å². The SMILES string of the molecule is C=CC(=O)Oc1cccc(C)c1[SiH2]C1(C)C=CC=CC1. The Morgan fingerprint density at radius 1 is 1.45 bits per heavy atom. The molecule has 0 radical (unpaired) electrons. The minimum Gasteiger partial charge on any atom is -0.424 e. The Hall–Kier alpha value is -1.87. The van der Waals surface area contributed by atoms with Gasteiger partial charge in [-0.1, -0.05) is 49.9 Å². The molecule has 1 aromatic carbocycles. The molecule has 0 bridgehead atoms. The van der Waals surface area contributed by atoms with Crippen LogP contribution in [0.2, 0.25) is 5.04 Å². The number of esters is 1. The molecule has 0 aliphatic heterocycles. The van der Waals surface area contributed by atoms with E-state index in [4.69, 9.17) is 4.74 Å². The van der Waals surface area contributed by atoms with Gasteiger partial charge in [0.05, 0.1) is 9.52 Å². The second-order valence-electron chi connectivity index (χ2n) is 5.50. The maximum Gasteiger partial charge on any atom is 0.335 e. The van der Waals surface area contributed by atoms with Crippen LogP contribution in [0.25, 0.3) is 0 Å². The van der Waals surface area contributed by atoms with Crippen LogP contribution >= 0.6 is 0 Å². The minimum atomic E-state index is -0.612. The zero-order valence-electron chi connectivity index (χ0n) is 12.1. The Morgan fingerprint density at radius 2 is 2.25 bits per heavy atom. The number of rotatable bonds is 4. The minimum absolute atomic E-state index is 0.205. The van der Waals surface area contributed by atoms with E-state index >= 15 is 0 Å². The molecule has 2 nitrogen and oxygen atoms in total. The molecule has 0 aromatic heterocycles. The van der Waals surface area contributed by atoms with E-state index in [-0.39, 0.29) is 5.04 Å². The molecular weight excluding hydrogens is 264 g/mol. The van der Waals surface area contributed by atoms with Crippen LogP contribution in [-0.4, -0.2) is 15.5 Å². The lowest BCUT2D eigenvalue weighted by molar-refractivity contribution is -0.128. The Labute approximate surface area is 122 Å². The number of allylic oxidation sites excluding steroid dienone is 4. The van der Waals surface area contributed by atoms with Gasteiger partial charge in [0, 0.05) is 6.08 Å². The second kappa shape index (κ2) is 6.05. The van der Waals surface area contributed by atoms with Crippen molar-refractivity contribution in [2.45, 2.75) is 25.3 Å². The smallest absolute Gasteiger partial charge is 0.335 e. The molecule has 0 N–H and O–H groups in total. The lowest BCUT2D eigenvalue weighted by Gasteiger charge is -2.27. The van der Waals surface area contributed by atoms with E-state index < -0.39 is 15.5 Å². The quantitative estimate of drug-likeness (QED) is 0.368. The molecule has 1 aliphatic carbocycles. The zero-order valence-corrected chi connectivity index (χ0v) is 13.5. The normalized spacial score (nSPS) is 21.3. The second-order valence-corrected chi connectivity index (χ2v) is 8.18. The molecule has 1 aliphatic rings. The van der Waals surface area contributed by atoms with Gasteiger partial charge in [-0.05, 0) is 35.2 Å². The molecule has 0 heterocycles. The highest BCUT2D eigenvalue weighted by Gasteiger charge is 2.25. The molecule has 0 saturated carbocycles. The van der Waals surface area contributed by atoms with Crippen molar-refractivity contribution in [1.29, 1.82) is 0 Å². The van der Waals surface area contributed by atoms with Crippen LogP contribution in [0.1, 0.15) is 18.9 Å². The summed E-state index contributed by atoms with van der Waals surface area (Å²) in [6.07, 6.45) is 11.0. The van der Waals surface area contributed by atoms with E-state index in [1.54, 1.807) is 0 Å². The van der Waals surface area contributed by atoms with Gasteiger partial charge < -0.3 is 4.74 Å². The highest BCUT2D eigenvalue weighted by molar-refractivity contribution is 6.59. The van der Waals surface area contributed by atoms with Crippen molar-refractivity contribution in [3.63, 3.8) is 0 Å². The molecule has 1 aromatic rings.